The molecule has 1 aromatic heterocycles. The second-order valence-corrected chi connectivity index (χ2v) is 9.41. The zero-order valence-electron chi connectivity index (χ0n) is 18.3. The monoisotopic (exact) mass is 529 g/mol. The van der Waals surface area contributed by atoms with E-state index in [0.29, 0.717) is 37.7 Å². The van der Waals surface area contributed by atoms with Crippen LogP contribution in [0.2, 0.25) is 10.0 Å². The molecule has 3 N–H and O–H groups in total. The molecule has 178 valence electrons. The minimum absolute atomic E-state index is 0.140. The Bertz CT molecular complexity index is 1440. The first-order valence-corrected chi connectivity index (χ1v) is 11.7. The zero-order chi connectivity index (χ0) is 25.4. The standard InChI is InChI=1S/C24H17Cl2N3O5S/c1-11-6-13(12(2)29(11)16-8-14(22(31)32)7-15(9-16)23(33)34)10-19-21(30)28-24(35-19)27-18-5-3-4-17(25)20(18)26/h3-10H,1-2H3,(H,31,32)(H,33,34)(H,27,28,30). The van der Waals surface area contributed by atoms with E-state index in [1.807, 2.05) is 6.07 Å². The number of aromatic nitrogens is 1. The van der Waals surface area contributed by atoms with Crippen LogP contribution in [0, 0.1) is 13.8 Å². The number of amides is 1. The number of carbonyl (C=O) groups is 3. The number of aromatic carboxylic acids is 2. The van der Waals surface area contributed by atoms with Crippen molar-refractivity contribution in [2.45, 2.75) is 13.8 Å². The van der Waals surface area contributed by atoms with E-state index < -0.39 is 11.9 Å². The lowest BCUT2D eigenvalue weighted by Crippen LogP contribution is -2.19. The molecule has 4 rings (SSSR count). The van der Waals surface area contributed by atoms with Crippen molar-refractivity contribution in [1.29, 1.82) is 0 Å². The molecule has 0 unspecified atom stereocenters. The van der Waals surface area contributed by atoms with Gasteiger partial charge < -0.3 is 20.1 Å². The van der Waals surface area contributed by atoms with Crippen molar-refractivity contribution < 1.29 is 24.6 Å². The van der Waals surface area contributed by atoms with Crippen LogP contribution in [-0.4, -0.2) is 37.8 Å². The first kappa shape index (κ1) is 24.6. The highest BCUT2D eigenvalue weighted by molar-refractivity contribution is 8.18. The maximum Gasteiger partial charge on any atom is 0.335 e. The lowest BCUT2D eigenvalue weighted by Gasteiger charge is -2.12. The van der Waals surface area contributed by atoms with Gasteiger partial charge in [0.2, 0.25) is 0 Å². The number of carboxylic acid groups (broad SMARTS) is 2. The van der Waals surface area contributed by atoms with E-state index in [-0.39, 0.29) is 22.1 Å². The Morgan fingerprint density at radius 2 is 1.71 bits per heavy atom. The van der Waals surface area contributed by atoms with Crippen molar-refractivity contribution in [3.8, 4) is 5.69 Å². The van der Waals surface area contributed by atoms with Crippen LogP contribution in [0.5, 0.6) is 0 Å². The molecule has 2 aromatic carbocycles. The van der Waals surface area contributed by atoms with Crippen molar-refractivity contribution in [2.24, 2.45) is 4.99 Å². The number of hydrogen-bond donors (Lipinski definition) is 3. The molecule has 0 saturated carbocycles. The zero-order valence-corrected chi connectivity index (χ0v) is 20.6. The number of nitrogens with one attached hydrogen (secondary N) is 1. The number of amidine groups is 1. The number of halogens is 2. The lowest BCUT2D eigenvalue weighted by molar-refractivity contribution is -0.115. The first-order chi connectivity index (χ1) is 16.5. The molecule has 0 bridgehead atoms. The van der Waals surface area contributed by atoms with Crippen LogP contribution in [-0.2, 0) is 4.79 Å². The number of thioether (sulfide) groups is 1. The summed E-state index contributed by atoms with van der Waals surface area (Å²) in [5, 5.41) is 22.5. The SMILES string of the molecule is Cc1cc(C=C2SC(=Nc3cccc(Cl)c3Cl)NC2=O)c(C)n1-c1cc(C(=O)O)cc(C(=O)O)c1. The van der Waals surface area contributed by atoms with E-state index in [1.165, 1.54) is 12.1 Å². The quantitative estimate of drug-likeness (QED) is 0.365. The number of hydrogen-bond acceptors (Lipinski definition) is 5. The van der Waals surface area contributed by atoms with Gasteiger partial charge in [-0.05, 0) is 73.6 Å². The van der Waals surface area contributed by atoms with Crippen LogP contribution in [0.4, 0.5) is 5.69 Å². The van der Waals surface area contributed by atoms with Gasteiger partial charge in [0.15, 0.2) is 5.17 Å². The Morgan fingerprint density at radius 3 is 2.34 bits per heavy atom. The summed E-state index contributed by atoms with van der Waals surface area (Å²) < 4.78 is 1.74. The van der Waals surface area contributed by atoms with Gasteiger partial charge in [-0.3, -0.25) is 4.79 Å². The number of carbonyl (C=O) groups excluding carboxylic acids is 1. The second kappa shape index (κ2) is 9.61. The fourth-order valence-corrected chi connectivity index (χ4v) is 4.79. The summed E-state index contributed by atoms with van der Waals surface area (Å²) in [7, 11) is 0. The van der Waals surface area contributed by atoms with E-state index in [2.05, 4.69) is 10.3 Å². The molecule has 2 heterocycles. The van der Waals surface area contributed by atoms with Crippen molar-refractivity contribution in [2.75, 3.05) is 0 Å². The molecular formula is C24H17Cl2N3O5S. The predicted octanol–water partition coefficient (Wildman–Crippen LogP) is 5.69. The summed E-state index contributed by atoms with van der Waals surface area (Å²) in [6.45, 7) is 3.60. The fraction of sp³-hybridized carbons (Fsp3) is 0.0833. The highest BCUT2D eigenvalue weighted by Gasteiger charge is 2.25. The highest BCUT2D eigenvalue weighted by Crippen LogP contribution is 2.35. The Hall–Kier alpha value is -3.53. The Morgan fingerprint density at radius 1 is 1.06 bits per heavy atom. The lowest BCUT2D eigenvalue weighted by atomic mass is 10.1. The number of nitrogens with zero attached hydrogens (tertiary/aromatic N) is 2. The van der Waals surface area contributed by atoms with Gasteiger partial charge in [0.05, 0.1) is 31.8 Å². The Balaban J connectivity index is 1.71. The molecular weight excluding hydrogens is 513 g/mol. The minimum Gasteiger partial charge on any atom is -0.478 e. The molecule has 3 aromatic rings. The topological polar surface area (TPSA) is 121 Å². The maximum atomic E-state index is 12.6. The van der Waals surface area contributed by atoms with E-state index in [9.17, 15) is 24.6 Å². The van der Waals surface area contributed by atoms with Crippen LogP contribution in [0.25, 0.3) is 11.8 Å². The smallest absolute Gasteiger partial charge is 0.335 e. The molecule has 11 heteroatoms. The molecule has 1 aliphatic rings. The van der Waals surface area contributed by atoms with Gasteiger partial charge in [-0.2, -0.15) is 0 Å². The summed E-state index contributed by atoms with van der Waals surface area (Å²) in [5.74, 6) is -2.80. The molecule has 8 nitrogen and oxygen atoms in total. The fourth-order valence-electron chi connectivity index (χ4n) is 3.63. The van der Waals surface area contributed by atoms with Crippen LogP contribution in [0.1, 0.15) is 37.7 Å². The molecule has 1 fully saturated rings. The Kier molecular flexibility index (Phi) is 6.75. The van der Waals surface area contributed by atoms with E-state index >= 15 is 0 Å². The summed E-state index contributed by atoms with van der Waals surface area (Å²) in [5.41, 5.74) is 2.68. The van der Waals surface area contributed by atoms with Gasteiger partial charge in [-0.15, -0.1) is 0 Å². The number of aliphatic imine (C=N–C) groups is 1. The molecule has 0 radical (unpaired) electrons. The highest BCUT2D eigenvalue weighted by atomic mass is 35.5. The number of carboxylic acids is 2. The van der Waals surface area contributed by atoms with Crippen molar-refractivity contribution in [3.05, 3.63) is 85.5 Å². The van der Waals surface area contributed by atoms with E-state index in [1.54, 1.807) is 42.7 Å². The van der Waals surface area contributed by atoms with Crippen LogP contribution >= 0.6 is 35.0 Å². The van der Waals surface area contributed by atoms with Gasteiger partial charge in [0.1, 0.15) is 0 Å². The normalized spacial score (nSPS) is 15.6. The average Bonchev–Trinajstić information content (AvgIpc) is 3.28. The second-order valence-electron chi connectivity index (χ2n) is 7.60. The van der Waals surface area contributed by atoms with Crippen molar-refractivity contribution in [3.63, 3.8) is 0 Å². The van der Waals surface area contributed by atoms with Gasteiger partial charge in [0.25, 0.3) is 5.91 Å². The third-order valence-electron chi connectivity index (χ3n) is 5.23. The van der Waals surface area contributed by atoms with E-state index in [4.69, 9.17) is 23.2 Å². The third-order valence-corrected chi connectivity index (χ3v) is 6.95. The minimum atomic E-state index is -1.23. The average molecular weight is 530 g/mol. The number of rotatable bonds is 5. The van der Waals surface area contributed by atoms with Crippen LogP contribution < -0.4 is 5.32 Å². The van der Waals surface area contributed by atoms with Crippen LogP contribution in [0.3, 0.4) is 0 Å². The van der Waals surface area contributed by atoms with Gasteiger partial charge in [0, 0.05) is 17.1 Å². The largest absolute Gasteiger partial charge is 0.478 e. The predicted molar refractivity (Wildman–Crippen MR) is 136 cm³/mol. The van der Waals surface area contributed by atoms with Gasteiger partial charge in [-0.25, -0.2) is 14.6 Å². The molecule has 0 aliphatic carbocycles. The number of benzene rings is 2. The van der Waals surface area contributed by atoms with Gasteiger partial charge >= 0.3 is 11.9 Å². The summed E-state index contributed by atoms with van der Waals surface area (Å²) in [6.07, 6.45) is 1.69. The molecule has 0 spiro atoms. The molecule has 1 aliphatic heterocycles. The van der Waals surface area contributed by atoms with Gasteiger partial charge in [-0.1, -0.05) is 29.3 Å². The Labute approximate surface area is 213 Å². The van der Waals surface area contributed by atoms with Crippen molar-refractivity contribution in [1.82, 2.24) is 9.88 Å². The van der Waals surface area contributed by atoms with E-state index in [0.717, 1.165) is 23.5 Å². The van der Waals surface area contributed by atoms with Crippen molar-refractivity contribution >= 4 is 69.7 Å². The molecule has 0 atom stereocenters. The maximum absolute atomic E-state index is 12.6. The third kappa shape index (κ3) is 4.97. The molecule has 35 heavy (non-hydrogen) atoms. The summed E-state index contributed by atoms with van der Waals surface area (Å²) >= 11 is 13.4. The molecule has 1 amide bonds. The first-order valence-electron chi connectivity index (χ1n) is 10.1. The summed E-state index contributed by atoms with van der Waals surface area (Å²) in [4.78, 5) is 40.4. The summed E-state index contributed by atoms with van der Waals surface area (Å²) in [6, 6.07) is 10.8. The molecule has 1 saturated heterocycles. The van der Waals surface area contributed by atoms with Crippen LogP contribution in [0.15, 0.2) is 52.4 Å². The number of aryl methyl sites for hydroxylation is 1.